The van der Waals surface area contributed by atoms with Crippen LogP contribution in [0, 0.1) is 13.8 Å². The Hall–Kier alpha value is -2.01. The van der Waals surface area contributed by atoms with E-state index in [1.165, 1.54) is 5.56 Å². The second-order valence-electron chi connectivity index (χ2n) is 8.27. The summed E-state index contributed by atoms with van der Waals surface area (Å²) in [5.74, 6) is 3.88. The van der Waals surface area contributed by atoms with E-state index >= 15 is 0 Å². The highest BCUT2D eigenvalue weighted by Crippen LogP contribution is 2.26. The number of guanidine groups is 1. The van der Waals surface area contributed by atoms with E-state index in [2.05, 4.69) is 40.2 Å². The summed E-state index contributed by atoms with van der Waals surface area (Å²) in [4.78, 5) is 9.74. The Labute approximate surface area is 214 Å². The molecule has 3 rings (SSSR count). The van der Waals surface area contributed by atoms with Crippen LogP contribution in [0.5, 0.6) is 11.5 Å². The summed E-state index contributed by atoms with van der Waals surface area (Å²) in [6, 6.07) is 5.97. The standard InChI is InChI=1S/C24H37N5O3.HI/c1-7-25-24(26-15-17(2)23-18(3)27-32-19(23)4)29-12-10-28(11-13-29)16-20-14-21(30-5)8-9-22(20)31-6;/h8-9,14,17H,7,10-13,15-16H2,1-6H3,(H,25,26);1H. The van der Waals surface area contributed by atoms with Crippen molar-refractivity contribution in [1.82, 2.24) is 20.3 Å². The minimum Gasteiger partial charge on any atom is -0.497 e. The van der Waals surface area contributed by atoms with Gasteiger partial charge in [-0.2, -0.15) is 0 Å². The minimum absolute atomic E-state index is 0. The minimum atomic E-state index is 0. The van der Waals surface area contributed by atoms with Crippen LogP contribution >= 0.6 is 24.0 Å². The molecule has 1 aliphatic rings. The van der Waals surface area contributed by atoms with Crippen molar-refractivity contribution in [3.63, 3.8) is 0 Å². The van der Waals surface area contributed by atoms with Crippen molar-refractivity contribution < 1.29 is 14.0 Å². The molecule has 1 aromatic heterocycles. The third kappa shape index (κ3) is 6.99. The van der Waals surface area contributed by atoms with Gasteiger partial charge >= 0.3 is 0 Å². The number of piperazine rings is 1. The first kappa shape index (κ1) is 27.2. The highest BCUT2D eigenvalue weighted by atomic mass is 127. The van der Waals surface area contributed by atoms with Crippen molar-refractivity contribution in [3.05, 3.63) is 40.8 Å². The van der Waals surface area contributed by atoms with Crippen molar-refractivity contribution in [1.29, 1.82) is 0 Å². The topological polar surface area (TPSA) is 75.4 Å². The Bertz CT molecular complexity index is 890. The zero-order valence-electron chi connectivity index (χ0n) is 20.7. The van der Waals surface area contributed by atoms with Crippen LogP contribution in [0.25, 0.3) is 0 Å². The normalized spacial score (nSPS) is 15.7. The van der Waals surface area contributed by atoms with Crippen molar-refractivity contribution in [3.8, 4) is 11.5 Å². The molecule has 9 heteroatoms. The lowest BCUT2D eigenvalue weighted by Gasteiger charge is -2.36. The summed E-state index contributed by atoms with van der Waals surface area (Å²) in [6.45, 7) is 14.4. The molecular formula is C24H38IN5O3. The highest BCUT2D eigenvalue weighted by molar-refractivity contribution is 14.0. The molecule has 0 bridgehead atoms. The summed E-state index contributed by atoms with van der Waals surface area (Å²) < 4.78 is 16.3. The quantitative estimate of drug-likeness (QED) is 0.294. The summed E-state index contributed by atoms with van der Waals surface area (Å²) >= 11 is 0. The number of ether oxygens (including phenoxy) is 2. The number of rotatable bonds is 8. The average Bonchev–Trinajstić information content (AvgIpc) is 3.14. The fourth-order valence-electron chi connectivity index (χ4n) is 4.30. The lowest BCUT2D eigenvalue weighted by Crippen LogP contribution is -2.52. The molecular weight excluding hydrogens is 533 g/mol. The number of halogens is 1. The number of aliphatic imine (C=N–C) groups is 1. The molecule has 2 heterocycles. The molecule has 33 heavy (non-hydrogen) atoms. The van der Waals surface area contributed by atoms with Gasteiger partial charge in [0.15, 0.2) is 5.96 Å². The van der Waals surface area contributed by atoms with Crippen molar-refractivity contribution in [2.75, 3.05) is 53.5 Å². The summed E-state index contributed by atoms with van der Waals surface area (Å²) in [6.07, 6.45) is 0. The highest BCUT2D eigenvalue weighted by Gasteiger charge is 2.22. The Morgan fingerprint density at radius 2 is 1.91 bits per heavy atom. The summed E-state index contributed by atoms with van der Waals surface area (Å²) in [5, 5.41) is 7.55. The van der Waals surface area contributed by atoms with Gasteiger partial charge in [0.05, 0.1) is 19.9 Å². The third-order valence-electron chi connectivity index (χ3n) is 5.98. The maximum atomic E-state index is 5.55. The Kier molecular flexibility index (Phi) is 10.7. The van der Waals surface area contributed by atoms with Crippen molar-refractivity contribution >= 4 is 29.9 Å². The van der Waals surface area contributed by atoms with Crippen LogP contribution < -0.4 is 14.8 Å². The summed E-state index contributed by atoms with van der Waals surface area (Å²) in [5.41, 5.74) is 3.27. The number of benzene rings is 1. The van der Waals surface area contributed by atoms with E-state index in [1.54, 1.807) is 14.2 Å². The van der Waals surface area contributed by atoms with Crippen LogP contribution in [0.2, 0.25) is 0 Å². The molecule has 0 radical (unpaired) electrons. The Morgan fingerprint density at radius 3 is 2.48 bits per heavy atom. The van der Waals surface area contributed by atoms with Crippen LogP contribution in [0.1, 0.15) is 42.3 Å². The monoisotopic (exact) mass is 571 g/mol. The number of aryl methyl sites for hydroxylation is 2. The number of nitrogens with zero attached hydrogens (tertiary/aromatic N) is 4. The van der Waals surface area contributed by atoms with Gasteiger partial charge < -0.3 is 24.2 Å². The van der Waals surface area contributed by atoms with Crippen LogP contribution in [-0.4, -0.2) is 74.4 Å². The zero-order chi connectivity index (χ0) is 23.1. The predicted molar refractivity (Wildman–Crippen MR) is 142 cm³/mol. The lowest BCUT2D eigenvalue weighted by atomic mass is 10.00. The largest absolute Gasteiger partial charge is 0.497 e. The van der Waals surface area contributed by atoms with E-state index in [1.807, 2.05) is 26.0 Å². The van der Waals surface area contributed by atoms with Crippen molar-refractivity contribution in [2.45, 2.75) is 40.2 Å². The summed E-state index contributed by atoms with van der Waals surface area (Å²) in [7, 11) is 3.41. The van der Waals surface area contributed by atoms with Gasteiger partial charge in [0, 0.05) is 62.9 Å². The zero-order valence-corrected chi connectivity index (χ0v) is 23.0. The first-order valence-corrected chi connectivity index (χ1v) is 11.4. The molecule has 1 aliphatic heterocycles. The first-order valence-electron chi connectivity index (χ1n) is 11.4. The van der Waals surface area contributed by atoms with Crippen molar-refractivity contribution in [2.24, 2.45) is 4.99 Å². The first-order chi connectivity index (χ1) is 15.5. The molecule has 1 unspecified atom stereocenters. The van der Waals surface area contributed by atoms with E-state index in [0.29, 0.717) is 6.54 Å². The number of methoxy groups -OCH3 is 2. The smallest absolute Gasteiger partial charge is 0.194 e. The number of aromatic nitrogens is 1. The fourth-order valence-corrected chi connectivity index (χ4v) is 4.30. The predicted octanol–water partition coefficient (Wildman–Crippen LogP) is 3.81. The van der Waals surface area contributed by atoms with Gasteiger partial charge in [-0.15, -0.1) is 24.0 Å². The van der Waals surface area contributed by atoms with Gasteiger partial charge in [0.25, 0.3) is 0 Å². The van der Waals surface area contributed by atoms with Crippen LogP contribution in [-0.2, 0) is 6.54 Å². The molecule has 1 atom stereocenters. The number of hydrogen-bond donors (Lipinski definition) is 1. The molecule has 1 aromatic carbocycles. The molecule has 0 spiro atoms. The molecule has 1 N–H and O–H groups in total. The van der Waals surface area contributed by atoms with Gasteiger partial charge in [0.2, 0.25) is 0 Å². The van der Waals surface area contributed by atoms with Gasteiger partial charge in [0.1, 0.15) is 17.3 Å². The Morgan fingerprint density at radius 1 is 1.18 bits per heavy atom. The third-order valence-corrected chi connectivity index (χ3v) is 5.98. The molecule has 0 amide bonds. The molecule has 2 aromatic rings. The maximum absolute atomic E-state index is 5.55. The van der Waals surface area contributed by atoms with E-state index in [0.717, 1.165) is 73.7 Å². The van der Waals surface area contributed by atoms with Gasteiger partial charge in [-0.1, -0.05) is 12.1 Å². The number of nitrogens with one attached hydrogen (secondary N) is 1. The average molecular weight is 572 g/mol. The molecule has 0 saturated carbocycles. The van der Waals surface area contributed by atoms with E-state index in [4.69, 9.17) is 19.0 Å². The van der Waals surface area contributed by atoms with E-state index < -0.39 is 0 Å². The second kappa shape index (κ2) is 13.0. The maximum Gasteiger partial charge on any atom is 0.194 e. The van der Waals surface area contributed by atoms with Gasteiger partial charge in [-0.05, 0) is 39.0 Å². The lowest BCUT2D eigenvalue weighted by molar-refractivity contribution is 0.171. The molecule has 1 fully saturated rings. The second-order valence-corrected chi connectivity index (χ2v) is 8.27. The van der Waals surface area contributed by atoms with E-state index in [9.17, 15) is 0 Å². The SMILES string of the molecule is CCNC(=NCC(C)c1c(C)noc1C)N1CCN(Cc2cc(OC)ccc2OC)CC1.I. The molecule has 1 saturated heterocycles. The fraction of sp³-hybridized carbons (Fsp3) is 0.583. The van der Waals surface area contributed by atoms with Crippen LogP contribution in [0.15, 0.2) is 27.7 Å². The van der Waals surface area contributed by atoms with Crippen LogP contribution in [0.4, 0.5) is 0 Å². The van der Waals surface area contributed by atoms with Gasteiger partial charge in [-0.25, -0.2) is 0 Å². The number of hydrogen-bond acceptors (Lipinski definition) is 6. The van der Waals surface area contributed by atoms with E-state index in [-0.39, 0.29) is 29.9 Å². The molecule has 184 valence electrons. The molecule has 0 aliphatic carbocycles. The Balaban J connectivity index is 0.00000385. The van der Waals surface area contributed by atoms with Gasteiger partial charge in [-0.3, -0.25) is 9.89 Å². The molecule has 8 nitrogen and oxygen atoms in total. The van der Waals surface area contributed by atoms with Crippen LogP contribution in [0.3, 0.4) is 0 Å².